The van der Waals surface area contributed by atoms with Gasteiger partial charge < -0.3 is 0 Å². The van der Waals surface area contributed by atoms with Crippen molar-refractivity contribution >= 4 is 43.4 Å². The predicted molar refractivity (Wildman–Crippen MR) is 250 cm³/mol. The molecule has 0 saturated carbocycles. The van der Waals surface area contributed by atoms with Crippen LogP contribution in [0.2, 0.25) is 13.1 Å². The molecule has 0 nitrogen and oxygen atoms in total. The number of rotatable bonds is 6. The van der Waals surface area contributed by atoms with Crippen LogP contribution in [0.15, 0.2) is 126 Å². The minimum absolute atomic E-state index is 0. The van der Waals surface area contributed by atoms with Crippen molar-refractivity contribution in [2.24, 2.45) is 0 Å². The summed E-state index contributed by atoms with van der Waals surface area (Å²) in [6, 6.07) is 30.9. The second-order valence-corrected chi connectivity index (χ2v) is 18.1. The molecule has 13 heteroatoms. The van der Waals surface area contributed by atoms with E-state index in [9.17, 15) is 26.3 Å². The van der Waals surface area contributed by atoms with Gasteiger partial charge in [0.15, 0.2) is 0 Å². The summed E-state index contributed by atoms with van der Waals surface area (Å²) in [6.07, 6.45) is 5.15. The Morgan fingerprint density at radius 2 is 1.04 bits per heavy atom. The van der Waals surface area contributed by atoms with Gasteiger partial charge in [-0.1, -0.05) is 62.7 Å². The van der Waals surface area contributed by atoms with E-state index >= 15 is 17.6 Å². The smallest absolute Gasteiger partial charge is 2.00 e. The molecule has 0 saturated heterocycles. The molecule has 0 atom stereocenters. The predicted octanol–water partition coefficient (Wildman–Crippen LogP) is 15.3. The zero-order valence-electron chi connectivity index (χ0n) is 37.3. The zero-order chi connectivity index (χ0) is 48.3. The molecule has 0 N–H and O–H groups in total. The van der Waals surface area contributed by atoms with Crippen molar-refractivity contribution in [3.63, 3.8) is 0 Å². The first-order valence-electron chi connectivity index (χ1n) is 20.5. The van der Waals surface area contributed by atoms with E-state index in [1.807, 2.05) is 13.8 Å². The molecular weight excluding hydrogens is 969 g/mol. The molecule has 8 rings (SSSR count). The van der Waals surface area contributed by atoms with Gasteiger partial charge in [0, 0.05) is 0 Å². The van der Waals surface area contributed by atoms with Crippen molar-refractivity contribution in [2.45, 2.75) is 47.7 Å². The fourth-order valence-electron chi connectivity index (χ4n) is 7.65. The number of halogens is 10. The maximum absolute atomic E-state index is 15.4. The Morgan fingerprint density at radius 3 is 1.52 bits per heavy atom. The first kappa shape index (κ1) is 52.3. The topological polar surface area (TPSA) is 0 Å². The third kappa shape index (κ3) is 10.3. The summed E-state index contributed by atoms with van der Waals surface area (Å²) in [5, 5.41) is 2.69. The van der Waals surface area contributed by atoms with E-state index in [-0.39, 0.29) is 59.5 Å². The number of fused-ring (bicyclic) bond motifs is 2. The van der Waals surface area contributed by atoms with Gasteiger partial charge in [0.05, 0.1) is 0 Å². The van der Waals surface area contributed by atoms with Crippen LogP contribution >= 0.6 is 0 Å². The average molecular weight is 1010 g/mol. The van der Waals surface area contributed by atoms with Crippen molar-refractivity contribution in [3.8, 4) is 33.4 Å². The fraction of sp³-hybridized carbons (Fsp3) is 0.130. The Labute approximate surface area is 404 Å². The molecular formula is C54H40BF10SiZr. The van der Waals surface area contributed by atoms with Crippen LogP contribution in [-0.4, -0.2) is 27.0 Å². The Bertz CT molecular complexity index is 3090. The van der Waals surface area contributed by atoms with Crippen LogP contribution in [0.25, 0.3) is 49.7 Å². The molecule has 0 heterocycles. The van der Waals surface area contributed by atoms with E-state index in [4.69, 9.17) is 7.49 Å². The number of hydrogen-bond acceptors (Lipinski definition) is 0. The second kappa shape index (κ2) is 22.0. The van der Waals surface area contributed by atoms with Gasteiger partial charge in [-0.3, -0.25) is 6.08 Å². The summed E-state index contributed by atoms with van der Waals surface area (Å²) in [7, 11) is 4.88. The number of hydrogen-bond donors (Lipinski definition) is 0. The van der Waals surface area contributed by atoms with Gasteiger partial charge in [0.2, 0.25) is 0 Å². The van der Waals surface area contributed by atoms with Gasteiger partial charge in [0.1, 0.15) is 0 Å². The van der Waals surface area contributed by atoms with Crippen LogP contribution in [0.1, 0.15) is 49.9 Å². The van der Waals surface area contributed by atoms with E-state index in [2.05, 4.69) is 93.6 Å². The molecule has 0 amide bonds. The minimum Gasteiger partial charge on any atom is 2.00 e. The van der Waals surface area contributed by atoms with Crippen LogP contribution in [0.5, 0.6) is 0 Å². The monoisotopic (exact) mass is 1010 g/mol. The molecule has 1 aliphatic rings. The minimum atomic E-state index is -2.41. The number of aryl methyl sites for hydroxylation is 1. The molecule has 337 valence electrons. The standard InChI is InChI=1S/C30H14BF10Si.C16H13.C8H13.Zr/c1-42(2)10-14-17(19-23(34)27(38)30(41)28(39)24(19)35)16-13(20(14)31)9-8-12(15(16)11-6-4-3-5-7-11)18-21(32)25(36)29(40)26(37)22(18)33;1-12-10-14-8-5-9-15(16(14)11-12)13-6-3-2-4-7-13;1-5-7(3)8(4)6-2;/h3-10H,1-2H3;2-11H,1H3;5H,1-4H3;/q;2*-1;+2. The number of allylic oxidation sites excluding steroid dienone is 5. The summed E-state index contributed by atoms with van der Waals surface area (Å²) in [5.74, 6) is -22.6. The maximum Gasteiger partial charge on any atom is 2.00 e. The van der Waals surface area contributed by atoms with Crippen LogP contribution in [0.3, 0.4) is 0 Å². The van der Waals surface area contributed by atoms with E-state index < -0.39 is 88.8 Å². The SMILES string of the molecule is C[C-]=C(C)C(C)=CC.Cc1cc2c(-c3ccccc3)cccc2[cH-]1.[B]=C1C(C=[Si](C)C)=C(c2c(F)c(F)c(F)c(F)c2F)c2c1ccc(-c1c(F)c(F)c(F)c(F)c1F)c2-c1ccccc1.[Zr+2]. The maximum atomic E-state index is 15.4. The van der Waals surface area contributed by atoms with E-state index in [1.165, 1.54) is 74.6 Å². The van der Waals surface area contributed by atoms with Gasteiger partial charge >= 0.3 is 261 Å². The normalized spacial score (nSPS) is 12.3. The molecule has 7 aromatic carbocycles. The van der Waals surface area contributed by atoms with Crippen LogP contribution < -0.4 is 0 Å². The largest absolute Gasteiger partial charge is 2.00 e. The van der Waals surface area contributed by atoms with Crippen molar-refractivity contribution < 1.29 is 70.1 Å². The zero-order valence-corrected chi connectivity index (χ0v) is 40.8. The fourth-order valence-corrected chi connectivity index (χ4v) is 8.52. The van der Waals surface area contributed by atoms with E-state index in [0.717, 1.165) is 12.1 Å². The number of benzene rings is 6. The second-order valence-electron chi connectivity index (χ2n) is 15.6. The van der Waals surface area contributed by atoms with Gasteiger partial charge in [-0.05, 0) is 5.56 Å². The van der Waals surface area contributed by atoms with Gasteiger partial charge in [-0.2, -0.15) is 12.1 Å². The van der Waals surface area contributed by atoms with Crippen molar-refractivity contribution in [2.75, 3.05) is 0 Å². The van der Waals surface area contributed by atoms with Crippen molar-refractivity contribution in [1.82, 2.24) is 0 Å². The summed E-state index contributed by atoms with van der Waals surface area (Å²) in [6.45, 7) is 13.7. The summed E-state index contributed by atoms with van der Waals surface area (Å²) in [4.78, 5) is 0. The molecule has 0 aromatic heterocycles. The average Bonchev–Trinajstić information content (AvgIpc) is 3.84. The van der Waals surface area contributed by atoms with Crippen LogP contribution in [0, 0.1) is 71.2 Å². The molecule has 0 fully saturated rings. The molecule has 0 unspecified atom stereocenters. The van der Waals surface area contributed by atoms with Crippen molar-refractivity contribution in [1.29, 1.82) is 0 Å². The summed E-state index contributed by atoms with van der Waals surface area (Å²) >= 11 is 0. The van der Waals surface area contributed by atoms with Gasteiger partial charge in [-0.15, -0.1) is 48.4 Å². The quantitative estimate of drug-likeness (QED) is 0.0389. The Morgan fingerprint density at radius 1 is 0.567 bits per heavy atom. The molecule has 7 aromatic rings. The molecule has 1 aliphatic carbocycles. The van der Waals surface area contributed by atoms with E-state index in [0.29, 0.717) is 0 Å². The molecule has 67 heavy (non-hydrogen) atoms. The van der Waals surface area contributed by atoms with Crippen LogP contribution in [-0.2, 0) is 26.2 Å². The first-order chi connectivity index (χ1) is 31.4. The van der Waals surface area contributed by atoms with Gasteiger partial charge in [-0.25, -0.2) is 11.1 Å². The Kier molecular flexibility index (Phi) is 17.2. The summed E-state index contributed by atoms with van der Waals surface area (Å²) < 4.78 is 147. The third-order valence-electron chi connectivity index (χ3n) is 11.1. The molecule has 0 spiro atoms. The van der Waals surface area contributed by atoms with Gasteiger partial charge in [0.25, 0.3) is 0 Å². The molecule has 1 radical (unpaired) electrons. The van der Waals surface area contributed by atoms with Crippen molar-refractivity contribution in [3.05, 3.63) is 212 Å². The summed E-state index contributed by atoms with van der Waals surface area (Å²) in [5.41, 5.74) is 3.19. The molecule has 0 bridgehead atoms. The third-order valence-corrected chi connectivity index (χ3v) is 12.0. The Balaban J connectivity index is 0.000000274. The van der Waals surface area contributed by atoms with E-state index in [1.54, 1.807) is 13.1 Å². The first-order valence-corrected chi connectivity index (χ1v) is 23.1. The molecule has 0 aliphatic heterocycles. The van der Waals surface area contributed by atoms with Crippen LogP contribution in [0.4, 0.5) is 43.9 Å². The Hall–Kier alpha value is -5.65.